The fourth-order valence-electron chi connectivity index (χ4n) is 4.69. The Kier molecular flexibility index (Phi) is 6.73. The normalized spacial score (nSPS) is 13.5. The molecule has 4 nitrogen and oxygen atoms in total. The minimum atomic E-state index is 0.0305. The molecule has 0 N–H and O–H groups in total. The molecule has 1 aliphatic rings. The molecule has 0 fully saturated rings. The van der Waals surface area contributed by atoms with Crippen molar-refractivity contribution in [2.45, 2.75) is 52.9 Å². The van der Waals surface area contributed by atoms with E-state index in [1.807, 2.05) is 25.1 Å². The first-order chi connectivity index (χ1) is 16.0. The third kappa shape index (κ3) is 4.47. The Hall–Kier alpha value is -3.27. The summed E-state index contributed by atoms with van der Waals surface area (Å²) in [6, 6.07) is 9.88. The summed E-state index contributed by atoms with van der Waals surface area (Å²) in [6.45, 7) is 6.39. The van der Waals surface area contributed by atoms with E-state index >= 15 is 0 Å². The lowest BCUT2D eigenvalue weighted by atomic mass is 9.98. The lowest BCUT2D eigenvalue weighted by molar-refractivity contribution is 0.354. The monoisotopic (exact) mass is 444 g/mol. The van der Waals surface area contributed by atoms with Gasteiger partial charge in [0.1, 0.15) is 5.58 Å². The molecule has 1 heterocycles. The van der Waals surface area contributed by atoms with Crippen molar-refractivity contribution in [1.29, 1.82) is 0 Å². The number of aryl methyl sites for hydroxylation is 1. The summed E-state index contributed by atoms with van der Waals surface area (Å²) < 4.78 is 17.1. The van der Waals surface area contributed by atoms with Crippen molar-refractivity contribution in [3.63, 3.8) is 0 Å². The number of hydrogen-bond acceptors (Lipinski definition) is 4. The number of fused-ring (bicyclic) bond motifs is 2. The molecule has 0 radical (unpaired) electrons. The van der Waals surface area contributed by atoms with Crippen LogP contribution in [0.4, 0.5) is 0 Å². The second kappa shape index (κ2) is 9.70. The van der Waals surface area contributed by atoms with Crippen LogP contribution in [0.3, 0.4) is 0 Å². The maximum atomic E-state index is 13.3. The highest BCUT2D eigenvalue weighted by atomic mass is 16.5. The molecular weight excluding hydrogens is 412 g/mol. The van der Waals surface area contributed by atoms with Crippen LogP contribution in [0.25, 0.3) is 22.1 Å². The summed E-state index contributed by atoms with van der Waals surface area (Å²) in [6.07, 6.45) is 8.37. The van der Waals surface area contributed by atoms with E-state index in [0.29, 0.717) is 28.7 Å². The van der Waals surface area contributed by atoms with Crippen LogP contribution in [0.1, 0.15) is 50.7 Å². The number of benzene rings is 2. The molecule has 0 unspecified atom stereocenters. The van der Waals surface area contributed by atoms with Crippen LogP contribution >= 0.6 is 0 Å². The fraction of sp³-hybridized carbons (Fsp3) is 0.345. The van der Waals surface area contributed by atoms with E-state index in [1.165, 1.54) is 16.4 Å². The largest absolute Gasteiger partial charge is 0.493 e. The van der Waals surface area contributed by atoms with Gasteiger partial charge in [0.25, 0.3) is 0 Å². The van der Waals surface area contributed by atoms with E-state index < -0.39 is 0 Å². The van der Waals surface area contributed by atoms with Gasteiger partial charge in [0.2, 0.25) is 0 Å². The fourth-order valence-corrected chi connectivity index (χ4v) is 4.69. The Morgan fingerprint density at radius 1 is 1.00 bits per heavy atom. The summed E-state index contributed by atoms with van der Waals surface area (Å²) in [5.74, 6) is 1.42. The molecule has 1 aliphatic carbocycles. The van der Waals surface area contributed by atoms with Gasteiger partial charge in [-0.15, -0.1) is 0 Å². The van der Waals surface area contributed by atoms with Crippen molar-refractivity contribution in [2.75, 3.05) is 14.2 Å². The summed E-state index contributed by atoms with van der Waals surface area (Å²) in [4.78, 5) is 13.3. The van der Waals surface area contributed by atoms with Crippen molar-refractivity contribution < 1.29 is 13.9 Å². The van der Waals surface area contributed by atoms with E-state index in [-0.39, 0.29) is 5.43 Å². The van der Waals surface area contributed by atoms with Gasteiger partial charge in [0.05, 0.1) is 25.9 Å². The molecular formula is C29H32O4. The molecule has 172 valence electrons. The summed E-state index contributed by atoms with van der Waals surface area (Å²) in [5, 5.41) is 2.92. The van der Waals surface area contributed by atoms with E-state index in [9.17, 15) is 4.79 Å². The summed E-state index contributed by atoms with van der Waals surface area (Å²) in [5.41, 5.74) is 6.23. The van der Waals surface area contributed by atoms with E-state index in [4.69, 9.17) is 13.9 Å². The molecule has 0 aliphatic heterocycles. The average molecular weight is 445 g/mol. The topological polar surface area (TPSA) is 48.7 Å². The molecule has 33 heavy (non-hydrogen) atoms. The Balaban J connectivity index is 2.01. The van der Waals surface area contributed by atoms with Gasteiger partial charge in [-0.1, -0.05) is 49.1 Å². The van der Waals surface area contributed by atoms with Crippen LogP contribution in [0.15, 0.2) is 57.5 Å². The smallest absolute Gasteiger partial charge is 0.196 e. The quantitative estimate of drug-likeness (QED) is 0.502. The third-order valence-corrected chi connectivity index (χ3v) is 6.46. The van der Waals surface area contributed by atoms with E-state index in [1.54, 1.807) is 20.5 Å². The molecule has 1 aromatic heterocycles. The SMILES string of the molecule is CCCC1=c2cc(OC)c(OC)cc2=C(Cc2coc3ccc(C)cc3c2=O)C=C(CC)C1. The highest BCUT2D eigenvalue weighted by Gasteiger charge is 2.16. The maximum absolute atomic E-state index is 13.3. The van der Waals surface area contributed by atoms with Gasteiger partial charge in [0, 0.05) is 12.0 Å². The maximum Gasteiger partial charge on any atom is 0.196 e. The minimum absolute atomic E-state index is 0.0305. The van der Waals surface area contributed by atoms with Gasteiger partial charge < -0.3 is 13.9 Å². The van der Waals surface area contributed by atoms with E-state index in [2.05, 4.69) is 32.1 Å². The number of methoxy groups -OCH3 is 2. The van der Waals surface area contributed by atoms with Gasteiger partial charge >= 0.3 is 0 Å². The second-order valence-electron chi connectivity index (χ2n) is 8.73. The van der Waals surface area contributed by atoms with Crippen LogP contribution in [-0.4, -0.2) is 14.2 Å². The van der Waals surface area contributed by atoms with Gasteiger partial charge in [0.15, 0.2) is 16.9 Å². The Labute approximate surface area is 194 Å². The highest BCUT2D eigenvalue weighted by Crippen LogP contribution is 2.27. The number of ether oxygens (including phenoxy) is 2. The molecule has 0 bridgehead atoms. The molecule has 4 heteroatoms. The van der Waals surface area contributed by atoms with Crippen LogP contribution in [-0.2, 0) is 6.42 Å². The van der Waals surface area contributed by atoms with Crippen molar-refractivity contribution >= 4 is 22.1 Å². The Bertz CT molecular complexity index is 1410. The average Bonchev–Trinajstić information content (AvgIpc) is 2.97. The standard InChI is InChI=1S/C29H32O4/c1-6-8-20-12-19(7-2)13-21(24-16-28(32-5)27(31-4)15-23(20)24)14-22-17-33-26-10-9-18(3)11-25(26)29(22)30/h9-11,13,15-17H,6-8,12,14H2,1-5H3. The van der Waals surface area contributed by atoms with Crippen LogP contribution in [0.2, 0.25) is 0 Å². The predicted octanol–water partition coefficient (Wildman–Crippen LogP) is 5.20. The summed E-state index contributed by atoms with van der Waals surface area (Å²) in [7, 11) is 3.33. The molecule has 0 saturated heterocycles. The van der Waals surface area contributed by atoms with Gasteiger partial charge in [-0.2, -0.15) is 0 Å². The first-order valence-electron chi connectivity index (χ1n) is 11.7. The first-order valence-corrected chi connectivity index (χ1v) is 11.7. The molecule has 0 spiro atoms. The molecule has 0 amide bonds. The lowest BCUT2D eigenvalue weighted by Crippen LogP contribution is -2.30. The predicted molar refractivity (Wildman–Crippen MR) is 134 cm³/mol. The van der Waals surface area contributed by atoms with Gasteiger partial charge in [-0.05, 0) is 66.5 Å². The van der Waals surface area contributed by atoms with Crippen molar-refractivity contribution in [1.82, 2.24) is 0 Å². The zero-order valence-corrected chi connectivity index (χ0v) is 20.2. The van der Waals surface area contributed by atoms with Crippen LogP contribution in [0, 0.1) is 6.92 Å². The highest BCUT2D eigenvalue weighted by molar-refractivity contribution is 5.78. The zero-order chi connectivity index (χ0) is 23.5. The molecule has 0 saturated carbocycles. The van der Waals surface area contributed by atoms with Crippen molar-refractivity contribution in [2.24, 2.45) is 0 Å². The molecule has 3 aromatic rings. The van der Waals surface area contributed by atoms with Gasteiger partial charge in [-0.3, -0.25) is 4.79 Å². The lowest BCUT2D eigenvalue weighted by Gasteiger charge is -2.11. The Morgan fingerprint density at radius 2 is 1.73 bits per heavy atom. The van der Waals surface area contributed by atoms with Gasteiger partial charge in [-0.25, -0.2) is 0 Å². The minimum Gasteiger partial charge on any atom is -0.493 e. The summed E-state index contributed by atoms with van der Waals surface area (Å²) >= 11 is 0. The third-order valence-electron chi connectivity index (χ3n) is 6.46. The zero-order valence-electron chi connectivity index (χ0n) is 20.2. The second-order valence-corrected chi connectivity index (χ2v) is 8.73. The number of hydrogen-bond donors (Lipinski definition) is 0. The van der Waals surface area contributed by atoms with Crippen molar-refractivity contribution in [3.05, 3.63) is 80.0 Å². The molecule has 0 atom stereocenters. The number of rotatable bonds is 7. The van der Waals surface area contributed by atoms with E-state index in [0.717, 1.165) is 47.8 Å². The van der Waals surface area contributed by atoms with Crippen LogP contribution in [0.5, 0.6) is 11.5 Å². The van der Waals surface area contributed by atoms with Crippen LogP contribution < -0.4 is 25.3 Å². The first kappa shape index (κ1) is 22.9. The molecule has 2 aromatic carbocycles. The Morgan fingerprint density at radius 3 is 2.39 bits per heavy atom. The van der Waals surface area contributed by atoms with Crippen molar-refractivity contribution in [3.8, 4) is 11.5 Å². The number of allylic oxidation sites excluding steroid dienone is 2. The molecule has 4 rings (SSSR count).